The summed E-state index contributed by atoms with van der Waals surface area (Å²) >= 11 is 0. The van der Waals surface area contributed by atoms with Gasteiger partial charge in [-0.3, -0.25) is 0 Å². The third-order valence-electron chi connectivity index (χ3n) is 23.7. The van der Waals surface area contributed by atoms with Crippen molar-refractivity contribution in [3.63, 3.8) is 0 Å². The molecule has 8 nitrogen and oxygen atoms in total. The molecule has 8 fully saturated rings. The average molecular weight is 1730 g/mol. The van der Waals surface area contributed by atoms with E-state index in [9.17, 15) is 0 Å². The first-order chi connectivity index (χ1) is 59.7. The van der Waals surface area contributed by atoms with Crippen LogP contribution in [-0.2, 0) is 53.1 Å². The predicted octanol–water partition coefficient (Wildman–Crippen LogP) is 28.8. The second kappa shape index (κ2) is 40.6. The summed E-state index contributed by atoms with van der Waals surface area (Å²) in [7, 11) is -0.736. The summed E-state index contributed by atoms with van der Waals surface area (Å²) in [4.78, 5) is 15.5. The van der Waals surface area contributed by atoms with Gasteiger partial charge < -0.3 is 37.9 Å². The Morgan fingerprint density at radius 1 is 0.226 bits per heavy atom. The van der Waals surface area contributed by atoms with Gasteiger partial charge in [0.2, 0.25) is 0 Å². The summed E-state index contributed by atoms with van der Waals surface area (Å²) in [5, 5.41) is 0. The van der Waals surface area contributed by atoms with Crippen molar-refractivity contribution < 1.29 is 37.9 Å². The summed E-state index contributed by atoms with van der Waals surface area (Å²) < 4.78 is 49.6. The monoisotopic (exact) mass is 1730 g/mol. The van der Waals surface area contributed by atoms with E-state index in [4.69, 9.17) is 37.9 Å². The van der Waals surface area contributed by atoms with E-state index in [1.54, 1.807) is 0 Å². The van der Waals surface area contributed by atoms with Gasteiger partial charge in [-0.1, -0.05) is 127 Å². The molecular weight excluding hydrogens is 1600 g/mol. The lowest BCUT2D eigenvalue weighted by atomic mass is 9.55. The van der Waals surface area contributed by atoms with Gasteiger partial charge in [-0.05, 0) is 377 Å². The van der Waals surface area contributed by atoms with Crippen molar-refractivity contribution >= 4 is 43.6 Å². The standard InChI is InChI=1S/C31H35O2S.C30H39O3S.C29H31O2S.C22H23OS/c1-21-13-29(34(27-9-5-3-6-10-27)28-11-7-4-8-12-28)14-22(2)30(21)32-20-33-31-25-16-23-15-24(18-25)19-26(31)17-23;1-28(2,3)31-22-13-10-16-25(19-22)34(26-17-11-14-23(20-26)32-29(4,5)6)27-18-12-15-24(21-27)33-30(7,8)9;1-3-7-26(8-4-1)32(27-9-5-2-6-10-27)28-13-11-25(12-14-28)30-20-31-29-23-16-21-15-22(18-23)19-24(29)17-21;1-22(2,3)23-18-14-16-21(17-15-18)24(19-10-6-4-7-11-19)20-12-8-5-9-13-20/h3-14,23-26,31H,15-20H2,1-2H3;10-21H,1-9H3;1-14,21-24,29H,15-20H2;4-17H,1-3H3/q4*+1. The van der Waals surface area contributed by atoms with Crippen LogP contribution in [-0.4, -0.2) is 48.2 Å². The average Bonchev–Trinajstić information content (AvgIpc) is 0.766. The van der Waals surface area contributed by atoms with Gasteiger partial charge in [-0.25, -0.2) is 0 Å². The van der Waals surface area contributed by atoms with Crippen LogP contribution < -0.4 is 28.4 Å². The number of ether oxygens (including phenoxy) is 8. The fourth-order valence-electron chi connectivity index (χ4n) is 19.6. The van der Waals surface area contributed by atoms with Gasteiger partial charge in [-0.2, -0.15) is 0 Å². The highest BCUT2D eigenvalue weighted by Gasteiger charge is 2.51. The number of benzene rings is 12. The first kappa shape index (κ1) is 89.6. The van der Waals surface area contributed by atoms with Crippen LogP contribution in [0.25, 0.3) is 0 Å². The second-order valence-electron chi connectivity index (χ2n) is 38.4. The largest absolute Gasteiger partial charge is 0.488 e. The lowest BCUT2D eigenvalue weighted by molar-refractivity contribution is -0.155. The Balaban J connectivity index is 0.000000129. The zero-order chi connectivity index (χ0) is 86.5. The number of aryl methyl sites for hydroxylation is 2. The van der Waals surface area contributed by atoms with Gasteiger partial charge in [0.1, 0.15) is 56.9 Å². The van der Waals surface area contributed by atoms with E-state index in [1.807, 2.05) is 18.2 Å². The lowest BCUT2D eigenvalue weighted by Gasteiger charge is -2.53. The smallest absolute Gasteiger partial charge is 0.189 e. The summed E-state index contributed by atoms with van der Waals surface area (Å²) in [6.45, 7) is 29.9. The predicted molar refractivity (Wildman–Crippen MR) is 512 cm³/mol. The molecular formula is C112H128O8S4+4. The maximum Gasteiger partial charge on any atom is 0.189 e. The normalized spacial score (nSPS) is 20.4. The Bertz CT molecular complexity index is 5000. The highest BCUT2D eigenvalue weighted by molar-refractivity contribution is 7.98. The van der Waals surface area contributed by atoms with Crippen LogP contribution in [0.2, 0.25) is 0 Å². The third kappa shape index (κ3) is 24.3. The van der Waals surface area contributed by atoms with Crippen LogP contribution in [0.5, 0.6) is 34.5 Å². The van der Waals surface area contributed by atoms with Gasteiger partial charge in [0.25, 0.3) is 0 Å². The molecule has 20 rings (SSSR count). The fraction of sp³-hybridized carbons (Fsp3) is 0.357. The summed E-state index contributed by atoms with van der Waals surface area (Å²) in [6, 6.07) is 112. The quantitative estimate of drug-likeness (QED) is 0.0438. The zero-order valence-corrected chi connectivity index (χ0v) is 78.4. The van der Waals surface area contributed by atoms with Gasteiger partial charge in [-0.15, -0.1) is 0 Å². The molecule has 0 amide bonds. The van der Waals surface area contributed by atoms with Crippen molar-refractivity contribution in [3.05, 3.63) is 327 Å². The molecule has 0 unspecified atom stereocenters. The van der Waals surface area contributed by atoms with Crippen LogP contribution >= 0.6 is 0 Å². The van der Waals surface area contributed by atoms with Crippen molar-refractivity contribution in [1.29, 1.82) is 0 Å². The van der Waals surface area contributed by atoms with Crippen molar-refractivity contribution in [2.45, 2.75) is 254 Å². The number of hydrogen-bond donors (Lipinski definition) is 0. The molecule has 12 heteroatoms. The molecule has 0 aliphatic heterocycles. The molecule has 8 aliphatic carbocycles. The van der Waals surface area contributed by atoms with E-state index >= 15 is 0 Å². The van der Waals surface area contributed by atoms with Crippen LogP contribution in [0.1, 0.15) is 158 Å². The molecule has 0 heterocycles. The minimum absolute atomic E-state index is 0.102. The first-order valence-corrected chi connectivity index (χ1v) is 49.7. The molecule has 12 aromatic carbocycles. The topological polar surface area (TPSA) is 73.8 Å². The molecule has 0 saturated heterocycles. The molecule has 0 spiro atoms. The molecule has 8 aliphatic rings. The first-order valence-electron chi connectivity index (χ1n) is 44.8. The van der Waals surface area contributed by atoms with Gasteiger partial charge in [0.05, 0.1) is 55.8 Å². The van der Waals surface area contributed by atoms with E-state index < -0.39 is 0 Å². The van der Waals surface area contributed by atoms with Crippen molar-refractivity contribution in [2.24, 2.45) is 47.3 Å². The zero-order valence-electron chi connectivity index (χ0n) is 75.2. The maximum atomic E-state index is 6.43. The van der Waals surface area contributed by atoms with E-state index in [-0.39, 0.29) is 66.0 Å². The Morgan fingerprint density at radius 3 is 0.742 bits per heavy atom. The van der Waals surface area contributed by atoms with Crippen molar-refractivity contribution in [2.75, 3.05) is 13.6 Å². The molecule has 12 aromatic rings. The number of hydrogen-bond acceptors (Lipinski definition) is 8. The molecule has 8 saturated carbocycles. The summed E-state index contributed by atoms with van der Waals surface area (Å²) in [5.74, 6) is 12.4. The highest BCUT2D eigenvalue weighted by atomic mass is 32.2. The van der Waals surface area contributed by atoms with E-state index in [0.29, 0.717) is 25.8 Å². The van der Waals surface area contributed by atoms with E-state index in [0.717, 1.165) is 81.8 Å². The van der Waals surface area contributed by atoms with Gasteiger partial charge >= 0.3 is 0 Å². The molecule has 644 valence electrons. The van der Waals surface area contributed by atoms with E-state index in [1.165, 1.54) is 134 Å². The summed E-state index contributed by atoms with van der Waals surface area (Å²) in [5.41, 5.74) is 1.40. The highest BCUT2D eigenvalue weighted by Crippen LogP contribution is 2.56. The molecule has 8 bridgehead atoms. The van der Waals surface area contributed by atoms with Crippen LogP contribution in [0.4, 0.5) is 0 Å². The van der Waals surface area contributed by atoms with Gasteiger partial charge in [0, 0.05) is 30.3 Å². The minimum atomic E-state index is -0.371. The molecule has 124 heavy (non-hydrogen) atoms. The molecule has 0 N–H and O–H groups in total. The fourth-order valence-corrected chi connectivity index (χ4v) is 28.2. The van der Waals surface area contributed by atoms with Crippen LogP contribution in [0, 0.1) is 61.2 Å². The van der Waals surface area contributed by atoms with Crippen LogP contribution in [0.15, 0.2) is 374 Å². The Kier molecular flexibility index (Phi) is 29.3. The molecule has 0 atom stereocenters. The molecule has 0 radical (unpaired) electrons. The van der Waals surface area contributed by atoms with Gasteiger partial charge in [0.15, 0.2) is 72.3 Å². The van der Waals surface area contributed by atoms with Crippen molar-refractivity contribution in [3.8, 4) is 34.5 Å². The number of rotatable bonds is 24. The maximum absolute atomic E-state index is 6.43. The SMILES string of the molecule is CC(C)(C)Oc1ccc([S+](c2ccccc2)c2ccccc2)cc1.CC(C)(C)Oc1cccc([S+](c2cccc(OC(C)(C)C)c2)c2cccc(OC(C)(C)C)c2)c1.Cc1cc([S+](c2ccccc2)c2ccccc2)cc(C)c1OCOC1C2CC3CC(C2)CC1C3.c1ccc([S+](c2ccccc2)c2ccc(OCOC3C4CC5CC(C4)CC3C5)cc2)cc1. The van der Waals surface area contributed by atoms with Crippen LogP contribution in [0.3, 0.4) is 0 Å². The van der Waals surface area contributed by atoms with Crippen molar-refractivity contribution in [1.82, 2.24) is 0 Å². The minimum Gasteiger partial charge on any atom is -0.488 e. The second-order valence-corrected chi connectivity index (χ2v) is 46.5. The van der Waals surface area contributed by atoms with E-state index in [2.05, 4.69) is 394 Å². The Labute approximate surface area is 752 Å². The third-order valence-corrected chi connectivity index (χ3v) is 32.5. The Hall–Kier alpha value is -9.24. The molecule has 0 aromatic heterocycles. The Morgan fingerprint density at radius 2 is 0.460 bits per heavy atom. The summed E-state index contributed by atoms with van der Waals surface area (Å²) in [6.07, 6.45) is 14.8. The lowest BCUT2D eigenvalue weighted by Crippen LogP contribution is -2.49.